The van der Waals surface area contributed by atoms with Crippen LogP contribution in [-0.2, 0) is 0 Å². The number of benzene rings is 1. The van der Waals surface area contributed by atoms with Crippen molar-refractivity contribution in [3.05, 3.63) is 29.3 Å². The Morgan fingerprint density at radius 2 is 1.80 bits per heavy atom. The molecule has 0 saturated heterocycles. The first kappa shape index (κ1) is 15.4. The molecule has 9 heteroatoms. The van der Waals surface area contributed by atoms with Gasteiger partial charge in [0.25, 0.3) is 0 Å². The second kappa shape index (κ2) is 5.80. The summed E-state index contributed by atoms with van der Waals surface area (Å²) in [6.07, 6.45) is -0.624. The van der Waals surface area contributed by atoms with E-state index in [-0.39, 0.29) is 0 Å². The zero-order valence-electron chi connectivity index (χ0n) is 11.8. The molecule has 0 spiro atoms. The van der Waals surface area contributed by atoms with E-state index in [1.54, 1.807) is 4.68 Å². The predicted octanol–water partition coefficient (Wildman–Crippen LogP) is -0.248. The standard InChI is InChI=1S/C11H12B5N3S/c1-6-4-9(15(12)16(13)14)11(20)5-10(6)19-8(3)17-7(2)18-19/h4-5,20H,1-3H3. The summed E-state index contributed by atoms with van der Waals surface area (Å²) in [5.74, 6) is 1.55. The normalized spacial score (nSPS) is 10.6. The van der Waals surface area contributed by atoms with E-state index in [1.165, 1.54) is 0 Å². The maximum absolute atomic E-state index is 6.00. The molecule has 6 radical (unpaired) electrons. The zero-order chi connectivity index (χ0) is 15.0. The Hall–Kier alpha value is -0.965. The minimum Gasteiger partial charge on any atom is -0.218 e. The van der Waals surface area contributed by atoms with E-state index >= 15 is 0 Å². The van der Waals surface area contributed by atoms with Gasteiger partial charge < -0.3 is 0 Å². The van der Waals surface area contributed by atoms with E-state index in [2.05, 4.69) is 22.7 Å². The van der Waals surface area contributed by atoms with Crippen molar-refractivity contribution in [3.8, 4) is 5.69 Å². The van der Waals surface area contributed by atoms with Crippen LogP contribution >= 0.6 is 12.6 Å². The van der Waals surface area contributed by atoms with Crippen LogP contribution < -0.4 is 5.46 Å². The number of aryl methyl sites for hydroxylation is 3. The molecule has 2 rings (SSSR count). The Bertz CT molecular complexity index is 643. The first-order valence-corrected chi connectivity index (χ1v) is 6.77. The number of rotatable bonds is 3. The maximum atomic E-state index is 6.00. The summed E-state index contributed by atoms with van der Waals surface area (Å²) in [5.41, 5.74) is 2.77. The van der Waals surface area contributed by atoms with Crippen molar-refractivity contribution in [2.24, 2.45) is 0 Å². The average molecular weight is 272 g/mol. The highest BCUT2D eigenvalue weighted by Gasteiger charge is 2.18. The van der Waals surface area contributed by atoms with Crippen molar-refractivity contribution in [2.75, 3.05) is 0 Å². The Labute approximate surface area is 130 Å². The number of thiol groups is 1. The maximum Gasteiger partial charge on any atom is 0.148 e. The molecule has 0 aliphatic heterocycles. The van der Waals surface area contributed by atoms with Gasteiger partial charge in [0.1, 0.15) is 11.6 Å². The van der Waals surface area contributed by atoms with Crippen molar-refractivity contribution < 1.29 is 0 Å². The van der Waals surface area contributed by atoms with Crippen molar-refractivity contribution in [3.63, 3.8) is 0 Å². The van der Waals surface area contributed by atoms with Crippen LogP contribution in [0, 0.1) is 20.8 Å². The summed E-state index contributed by atoms with van der Waals surface area (Å²) < 4.78 is 1.79. The second-order valence-corrected chi connectivity index (χ2v) is 5.40. The van der Waals surface area contributed by atoms with Gasteiger partial charge in [0.2, 0.25) is 0 Å². The SMILES string of the molecule is [B]B([B])B([B])c1cc(C)c(-n2nc(C)nc2C)cc1S. The first-order chi connectivity index (χ1) is 9.31. The van der Waals surface area contributed by atoms with Crippen LogP contribution in [0.3, 0.4) is 0 Å². The Morgan fingerprint density at radius 1 is 1.15 bits per heavy atom. The number of aromatic nitrogens is 3. The van der Waals surface area contributed by atoms with Gasteiger partial charge in [-0.2, -0.15) is 5.10 Å². The lowest BCUT2D eigenvalue weighted by Crippen LogP contribution is -2.48. The largest absolute Gasteiger partial charge is 0.218 e. The van der Waals surface area contributed by atoms with Crippen molar-refractivity contribution >= 4 is 54.2 Å². The van der Waals surface area contributed by atoms with Crippen molar-refractivity contribution in [1.82, 2.24) is 14.8 Å². The lowest BCUT2D eigenvalue weighted by molar-refractivity contribution is 0.823. The van der Waals surface area contributed by atoms with Crippen LogP contribution in [0.4, 0.5) is 0 Å². The molecule has 0 bridgehead atoms. The van der Waals surface area contributed by atoms with Gasteiger partial charge in [0.15, 0.2) is 0 Å². The van der Waals surface area contributed by atoms with Crippen LogP contribution in [-0.4, -0.2) is 50.9 Å². The Kier molecular flexibility index (Phi) is 4.47. The van der Waals surface area contributed by atoms with Gasteiger partial charge in [-0.1, -0.05) is 11.5 Å². The van der Waals surface area contributed by atoms with Crippen LogP contribution in [0.15, 0.2) is 17.0 Å². The molecule has 0 aliphatic rings. The summed E-state index contributed by atoms with van der Waals surface area (Å²) >= 11 is 4.49. The topological polar surface area (TPSA) is 30.7 Å². The van der Waals surface area contributed by atoms with E-state index in [0.717, 1.165) is 33.3 Å². The summed E-state index contributed by atoms with van der Waals surface area (Å²) in [6.45, 7) is 5.30. The third kappa shape index (κ3) is 2.87. The lowest BCUT2D eigenvalue weighted by Gasteiger charge is -2.18. The minimum atomic E-state index is -0.624. The molecule has 0 N–H and O–H groups in total. The number of hydrogen-bond acceptors (Lipinski definition) is 3. The summed E-state index contributed by atoms with van der Waals surface area (Å²) in [7, 11) is 17.3. The summed E-state index contributed by atoms with van der Waals surface area (Å²) in [4.78, 5) is 5.05. The molecule has 1 aromatic heterocycles. The molecule has 20 heavy (non-hydrogen) atoms. The molecule has 0 amide bonds. The van der Waals surface area contributed by atoms with Gasteiger partial charge in [-0.25, -0.2) is 9.67 Å². The molecular formula is C11H12B5N3S. The predicted molar refractivity (Wildman–Crippen MR) is 91.2 cm³/mol. The average Bonchev–Trinajstić information content (AvgIpc) is 2.69. The lowest BCUT2D eigenvalue weighted by atomic mass is 8.86. The first-order valence-electron chi connectivity index (χ1n) is 6.32. The van der Waals surface area contributed by atoms with Crippen LogP contribution in [0.2, 0.25) is 0 Å². The van der Waals surface area contributed by atoms with E-state index in [0.29, 0.717) is 0 Å². The molecule has 0 aliphatic carbocycles. The molecule has 1 aromatic carbocycles. The van der Waals surface area contributed by atoms with E-state index < -0.39 is 12.9 Å². The third-order valence-corrected chi connectivity index (χ3v) is 3.61. The summed E-state index contributed by atoms with van der Waals surface area (Å²) in [5, 5.41) is 4.38. The fourth-order valence-electron chi connectivity index (χ4n) is 2.16. The molecule has 0 fully saturated rings. The molecule has 1 heterocycles. The molecule has 2 aromatic rings. The molecule has 3 nitrogen and oxygen atoms in total. The fourth-order valence-corrected chi connectivity index (χ4v) is 2.50. The Morgan fingerprint density at radius 3 is 2.30 bits per heavy atom. The molecular weight excluding hydrogens is 260 g/mol. The molecule has 92 valence electrons. The van der Waals surface area contributed by atoms with E-state index in [9.17, 15) is 0 Å². The Balaban J connectivity index is 2.53. The van der Waals surface area contributed by atoms with Crippen molar-refractivity contribution in [1.29, 1.82) is 0 Å². The monoisotopic (exact) mass is 273 g/mol. The van der Waals surface area contributed by atoms with Gasteiger partial charge >= 0.3 is 0 Å². The van der Waals surface area contributed by atoms with Crippen molar-refractivity contribution in [2.45, 2.75) is 25.7 Å². The molecule has 0 unspecified atom stereocenters. The van der Waals surface area contributed by atoms with Gasteiger partial charge in [0.05, 0.1) is 12.2 Å². The van der Waals surface area contributed by atoms with Gasteiger partial charge in [-0.3, -0.25) is 0 Å². The third-order valence-electron chi connectivity index (χ3n) is 3.22. The van der Waals surface area contributed by atoms with Crippen LogP contribution in [0.25, 0.3) is 5.69 Å². The minimum absolute atomic E-state index is 0.450. The van der Waals surface area contributed by atoms with Crippen LogP contribution in [0.1, 0.15) is 17.2 Å². The molecule has 0 saturated carbocycles. The number of nitrogens with zero attached hydrogens (tertiary/aromatic N) is 3. The number of hydrogen-bond donors (Lipinski definition) is 1. The summed E-state index contributed by atoms with van der Waals surface area (Å²) in [6, 6.07) is 3.86. The highest BCUT2D eigenvalue weighted by Crippen LogP contribution is 2.18. The highest BCUT2D eigenvalue weighted by atomic mass is 32.1. The van der Waals surface area contributed by atoms with Gasteiger partial charge in [0, 0.05) is 29.6 Å². The fraction of sp³-hybridized carbons (Fsp3) is 0.273. The van der Waals surface area contributed by atoms with Gasteiger partial charge in [-0.05, 0) is 37.3 Å². The van der Waals surface area contributed by atoms with Gasteiger partial charge in [-0.15, -0.1) is 12.6 Å². The molecule has 0 atom stereocenters. The van der Waals surface area contributed by atoms with Crippen LogP contribution in [0.5, 0.6) is 0 Å². The smallest absolute Gasteiger partial charge is 0.148 e. The second-order valence-electron chi connectivity index (χ2n) is 4.92. The van der Waals surface area contributed by atoms with E-state index in [1.807, 2.05) is 32.9 Å². The zero-order valence-corrected chi connectivity index (χ0v) is 12.7. The quantitative estimate of drug-likeness (QED) is 0.617. The highest BCUT2D eigenvalue weighted by molar-refractivity contribution is 7.81. The van der Waals surface area contributed by atoms with E-state index in [4.69, 9.17) is 23.2 Å².